The van der Waals surface area contributed by atoms with E-state index in [4.69, 9.17) is 20.0 Å². The maximum atomic E-state index is 11.1. The largest absolute Gasteiger partial charge is 0.469 e. The van der Waals surface area contributed by atoms with Crippen molar-refractivity contribution in [3.8, 4) is 0 Å². The third-order valence-electron chi connectivity index (χ3n) is 6.77. The minimum absolute atomic E-state index is 0.172. The van der Waals surface area contributed by atoms with Gasteiger partial charge < -0.3 is 15.5 Å². The molecule has 0 aromatic rings. The molecule has 34 heavy (non-hydrogen) atoms. The minimum Gasteiger partial charge on any atom is -0.330 e. The quantitative estimate of drug-likeness (QED) is 0.107. The number of nitrogens with two attached hydrogens (primary N) is 1. The second-order valence-corrected chi connectivity index (χ2v) is 12.7. The highest BCUT2D eigenvalue weighted by molar-refractivity contribution is 7.46. The van der Waals surface area contributed by atoms with Crippen LogP contribution in [-0.2, 0) is 9.09 Å². The molecular weight excluding hydrogens is 445 g/mol. The van der Waals surface area contributed by atoms with Crippen LogP contribution in [0.2, 0.25) is 0 Å². The van der Waals surface area contributed by atoms with Crippen molar-refractivity contribution < 1.29 is 18.9 Å². The highest BCUT2D eigenvalue weighted by Crippen LogP contribution is 2.38. The van der Waals surface area contributed by atoms with Gasteiger partial charge in [0.15, 0.2) is 0 Å². The van der Waals surface area contributed by atoms with Crippen LogP contribution in [0, 0.1) is 29.6 Å². The topological polar surface area (TPSA) is 92.8 Å². The van der Waals surface area contributed by atoms with E-state index in [9.17, 15) is 4.57 Å². The van der Waals surface area contributed by atoms with Crippen molar-refractivity contribution >= 4 is 7.82 Å². The van der Waals surface area contributed by atoms with Gasteiger partial charge in [0.25, 0.3) is 0 Å². The lowest BCUT2D eigenvalue weighted by Crippen LogP contribution is -2.19. The van der Waals surface area contributed by atoms with Gasteiger partial charge in [-0.3, -0.25) is 4.52 Å². The van der Waals surface area contributed by atoms with Crippen molar-refractivity contribution in [2.45, 2.75) is 138 Å². The Kier molecular flexibility index (Phi) is 25.0. The van der Waals surface area contributed by atoms with Gasteiger partial charge in [-0.15, -0.1) is 0 Å². The van der Waals surface area contributed by atoms with Crippen LogP contribution in [0.25, 0.3) is 0 Å². The maximum Gasteiger partial charge on any atom is 0.469 e. The summed E-state index contributed by atoms with van der Waals surface area (Å²) in [5, 5.41) is 0. The van der Waals surface area contributed by atoms with Crippen LogP contribution >= 0.6 is 7.82 Å². The van der Waals surface area contributed by atoms with E-state index in [-0.39, 0.29) is 12.5 Å². The van der Waals surface area contributed by atoms with E-state index in [1.807, 2.05) is 0 Å². The molecule has 0 bridgehead atoms. The van der Waals surface area contributed by atoms with Gasteiger partial charge in [-0.25, -0.2) is 4.57 Å². The highest BCUT2D eigenvalue weighted by Gasteiger charge is 2.23. The number of hydrogen-bond donors (Lipinski definition) is 3. The molecule has 0 spiro atoms. The Morgan fingerprint density at radius 1 is 0.706 bits per heavy atom. The summed E-state index contributed by atoms with van der Waals surface area (Å²) in [5.74, 6) is 2.80. The molecule has 0 saturated heterocycles. The van der Waals surface area contributed by atoms with Crippen LogP contribution in [-0.4, -0.2) is 22.9 Å². The monoisotopic (exact) mass is 507 g/mol. The van der Waals surface area contributed by atoms with Gasteiger partial charge in [0.05, 0.1) is 6.61 Å². The fourth-order valence-corrected chi connectivity index (χ4v) is 4.64. The van der Waals surface area contributed by atoms with Gasteiger partial charge in [-0.05, 0) is 49.0 Å². The van der Waals surface area contributed by atoms with Crippen molar-refractivity contribution in [1.29, 1.82) is 0 Å². The van der Waals surface area contributed by atoms with E-state index in [2.05, 4.69) is 48.5 Å². The summed E-state index contributed by atoms with van der Waals surface area (Å²) in [6.45, 7) is 16.8. The van der Waals surface area contributed by atoms with Crippen molar-refractivity contribution in [2.75, 3.05) is 13.2 Å². The zero-order valence-electron chi connectivity index (χ0n) is 23.9. The molecule has 4 N–H and O–H groups in total. The standard InChI is InChI=1S/C20H43O4P.C8H19N/c1-16(2)9-7-11-18(5)13-14-20(15-24-25(21,22)23)19(6)12-8-10-17(3)4;1-2-3-4-5-6-7-8-9/h16-20H,7-15H2,1-6H3,(H2,21,22,23);2-9H2,1H3. The molecule has 0 radical (unpaired) electrons. The first kappa shape index (κ1) is 36.2. The normalized spacial score (nSPS) is 14.7. The molecule has 0 aliphatic carbocycles. The fourth-order valence-electron chi connectivity index (χ4n) is 4.25. The number of phosphoric acid groups is 1. The predicted octanol–water partition coefficient (Wildman–Crippen LogP) is 8.72. The molecule has 0 amide bonds. The van der Waals surface area contributed by atoms with Crippen LogP contribution in [0.15, 0.2) is 0 Å². The van der Waals surface area contributed by atoms with Crippen molar-refractivity contribution in [1.82, 2.24) is 0 Å². The van der Waals surface area contributed by atoms with E-state index < -0.39 is 7.82 Å². The van der Waals surface area contributed by atoms with Crippen LogP contribution < -0.4 is 5.73 Å². The lowest BCUT2D eigenvalue weighted by atomic mass is 9.83. The maximum absolute atomic E-state index is 11.1. The Morgan fingerprint density at radius 3 is 1.74 bits per heavy atom. The Balaban J connectivity index is 0. The molecule has 5 nitrogen and oxygen atoms in total. The van der Waals surface area contributed by atoms with Crippen molar-refractivity contribution in [3.63, 3.8) is 0 Å². The highest BCUT2D eigenvalue weighted by atomic mass is 31.2. The van der Waals surface area contributed by atoms with Crippen LogP contribution in [0.5, 0.6) is 0 Å². The Bertz CT molecular complexity index is 461. The third-order valence-corrected chi connectivity index (χ3v) is 7.25. The Hall–Kier alpha value is 0.0700. The molecule has 0 aromatic heterocycles. The van der Waals surface area contributed by atoms with Crippen molar-refractivity contribution in [2.24, 2.45) is 35.3 Å². The van der Waals surface area contributed by atoms with E-state index in [0.29, 0.717) is 17.8 Å². The van der Waals surface area contributed by atoms with Crippen LogP contribution in [0.4, 0.5) is 0 Å². The number of unbranched alkanes of at least 4 members (excludes halogenated alkanes) is 5. The van der Waals surface area contributed by atoms with E-state index in [1.54, 1.807) is 0 Å². The molecule has 0 saturated carbocycles. The lowest BCUT2D eigenvalue weighted by molar-refractivity contribution is 0.132. The summed E-state index contributed by atoms with van der Waals surface area (Å²) < 4.78 is 15.9. The summed E-state index contributed by atoms with van der Waals surface area (Å²) in [6.07, 6.45) is 17.4. The zero-order valence-corrected chi connectivity index (χ0v) is 24.8. The summed E-state index contributed by atoms with van der Waals surface area (Å²) in [7, 11) is -4.38. The van der Waals surface area contributed by atoms with Gasteiger partial charge in [0, 0.05) is 0 Å². The summed E-state index contributed by atoms with van der Waals surface area (Å²) in [6, 6.07) is 0. The molecule has 3 unspecified atom stereocenters. The van der Waals surface area contributed by atoms with Gasteiger partial charge in [0.2, 0.25) is 0 Å². The number of phosphoric ester groups is 1. The Morgan fingerprint density at radius 2 is 1.24 bits per heavy atom. The second-order valence-electron chi connectivity index (χ2n) is 11.4. The molecule has 6 heteroatoms. The molecule has 0 aromatic carbocycles. The van der Waals surface area contributed by atoms with Gasteiger partial charge in [-0.1, -0.05) is 126 Å². The van der Waals surface area contributed by atoms with E-state index in [0.717, 1.165) is 31.7 Å². The lowest BCUT2D eigenvalue weighted by Gasteiger charge is -2.26. The molecule has 0 aliphatic rings. The summed E-state index contributed by atoms with van der Waals surface area (Å²) in [5.41, 5.74) is 5.34. The molecule has 0 aliphatic heterocycles. The number of rotatable bonds is 21. The summed E-state index contributed by atoms with van der Waals surface area (Å²) in [4.78, 5) is 18.1. The van der Waals surface area contributed by atoms with E-state index >= 15 is 0 Å². The molecular formula is C28H62NO4P. The zero-order chi connectivity index (χ0) is 26.4. The first-order chi connectivity index (χ1) is 15.9. The average Bonchev–Trinajstić information content (AvgIpc) is 2.72. The number of hydrogen-bond acceptors (Lipinski definition) is 3. The smallest absolute Gasteiger partial charge is 0.330 e. The first-order valence-electron chi connectivity index (χ1n) is 14.3. The minimum atomic E-state index is -4.38. The second kappa shape index (κ2) is 23.5. The molecule has 208 valence electrons. The van der Waals surface area contributed by atoms with Crippen LogP contribution in [0.3, 0.4) is 0 Å². The van der Waals surface area contributed by atoms with Crippen LogP contribution in [0.1, 0.15) is 138 Å². The summed E-state index contributed by atoms with van der Waals surface area (Å²) >= 11 is 0. The Labute approximate surface area is 213 Å². The predicted molar refractivity (Wildman–Crippen MR) is 149 cm³/mol. The fraction of sp³-hybridized carbons (Fsp3) is 1.00. The SMILES string of the molecule is CC(C)CCCC(C)CCC(COP(=O)(O)O)C(C)CCCC(C)C.CCCCCCCCN. The van der Waals surface area contributed by atoms with Crippen molar-refractivity contribution in [3.05, 3.63) is 0 Å². The average molecular weight is 508 g/mol. The van der Waals surface area contributed by atoms with Gasteiger partial charge in [0.1, 0.15) is 0 Å². The molecule has 0 rings (SSSR count). The third kappa shape index (κ3) is 28.3. The van der Waals surface area contributed by atoms with Gasteiger partial charge in [-0.2, -0.15) is 0 Å². The first-order valence-corrected chi connectivity index (χ1v) is 15.9. The van der Waals surface area contributed by atoms with Gasteiger partial charge >= 0.3 is 7.82 Å². The molecule has 0 fully saturated rings. The molecule has 3 atom stereocenters. The molecule has 0 heterocycles. The van der Waals surface area contributed by atoms with E-state index in [1.165, 1.54) is 70.6 Å².